The van der Waals surface area contributed by atoms with Crippen molar-refractivity contribution in [3.63, 3.8) is 0 Å². The van der Waals surface area contributed by atoms with Crippen LogP contribution in [-0.4, -0.2) is 19.7 Å². The Bertz CT molecular complexity index is 458. The molecule has 0 aliphatic carbocycles. The summed E-state index contributed by atoms with van der Waals surface area (Å²) in [6, 6.07) is 0. The van der Waals surface area contributed by atoms with Gasteiger partial charge in [0.2, 0.25) is 0 Å². The molecule has 0 atom stereocenters. The zero-order chi connectivity index (χ0) is 10.8. The zero-order valence-electron chi connectivity index (χ0n) is 8.38. The van der Waals surface area contributed by atoms with E-state index in [1.54, 1.807) is 23.3 Å². The van der Waals surface area contributed by atoms with Crippen LogP contribution in [0, 0.1) is 6.92 Å². The van der Waals surface area contributed by atoms with Gasteiger partial charge in [0.05, 0.1) is 17.6 Å². The standard InChI is InChI=1S/C9H12N6/c1-6-8(11)5-14-15(6)9-12-3-7(2-10)4-13-9/h3-5H,2,10-11H2,1H3. The maximum Gasteiger partial charge on any atom is 0.250 e. The average molecular weight is 204 g/mol. The van der Waals surface area contributed by atoms with E-state index in [1.165, 1.54) is 0 Å². The smallest absolute Gasteiger partial charge is 0.250 e. The molecule has 0 spiro atoms. The normalized spacial score (nSPS) is 10.5. The average Bonchev–Trinajstić information content (AvgIpc) is 2.60. The molecular formula is C9H12N6. The summed E-state index contributed by atoms with van der Waals surface area (Å²) in [5.74, 6) is 0.501. The molecule has 2 aromatic rings. The van der Waals surface area contributed by atoms with Crippen molar-refractivity contribution in [2.24, 2.45) is 5.73 Å². The Morgan fingerprint density at radius 2 is 1.93 bits per heavy atom. The summed E-state index contributed by atoms with van der Waals surface area (Å²) >= 11 is 0. The molecule has 0 saturated heterocycles. The van der Waals surface area contributed by atoms with E-state index >= 15 is 0 Å². The molecule has 0 radical (unpaired) electrons. The van der Waals surface area contributed by atoms with Crippen LogP contribution in [0.25, 0.3) is 5.95 Å². The number of hydrogen-bond acceptors (Lipinski definition) is 5. The topological polar surface area (TPSA) is 95.6 Å². The Morgan fingerprint density at radius 3 is 2.40 bits per heavy atom. The van der Waals surface area contributed by atoms with Gasteiger partial charge in [-0.25, -0.2) is 14.6 Å². The third-order valence-electron chi connectivity index (χ3n) is 2.16. The largest absolute Gasteiger partial charge is 0.396 e. The van der Waals surface area contributed by atoms with Crippen molar-refractivity contribution in [3.8, 4) is 5.95 Å². The van der Waals surface area contributed by atoms with Gasteiger partial charge in [0.1, 0.15) is 0 Å². The van der Waals surface area contributed by atoms with Crippen LogP contribution in [0.5, 0.6) is 0 Å². The first-order chi connectivity index (χ1) is 7.22. The van der Waals surface area contributed by atoms with E-state index in [4.69, 9.17) is 11.5 Å². The molecule has 0 saturated carbocycles. The third-order valence-corrected chi connectivity index (χ3v) is 2.16. The van der Waals surface area contributed by atoms with Gasteiger partial charge >= 0.3 is 0 Å². The van der Waals surface area contributed by atoms with Gasteiger partial charge in [-0.05, 0) is 6.92 Å². The first-order valence-corrected chi connectivity index (χ1v) is 4.54. The second kappa shape index (κ2) is 3.66. The van der Waals surface area contributed by atoms with Gasteiger partial charge in [-0.15, -0.1) is 0 Å². The highest BCUT2D eigenvalue weighted by atomic mass is 15.3. The van der Waals surface area contributed by atoms with Crippen LogP contribution in [0.1, 0.15) is 11.3 Å². The van der Waals surface area contributed by atoms with Crippen molar-refractivity contribution in [3.05, 3.63) is 29.8 Å². The second-order valence-electron chi connectivity index (χ2n) is 3.19. The lowest BCUT2D eigenvalue weighted by molar-refractivity contribution is 0.777. The van der Waals surface area contributed by atoms with Crippen LogP contribution in [0.2, 0.25) is 0 Å². The molecule has 0 aliphatic heterocycles. The predicted octanol–water partition coefficient (Wildman–Crippen LogP) is 0.0116. The fraction of sp³-hybridized carbons (Fsp3) is 0.222. The van der Waals surface area contributed by atoms with Crippen molar-refractivity contribution in [2.45, 2.75) is 13.5 Å². The summed E-state index contributed by atoms with van der Waals surface area (Å²) in [6.45, 7) is 2.29. The monoisotopic (exact) mass is 204 g/mol. The number of anilines is 1. The molecule has 2 rings (SSSR count). The van der Waals surface area contributed by atoms with E-state index in [0.29, 0.717) is 18.2 Å². The van der Waals surface area contributed by atoms with Crippen LogP contribution < -0.4 is 11.5 Å². The number of nitrogen functional groups attached to an aromatic ring is 1. The molecule has 2 aromatic heterocycles. The number of hydrogen-bond donors (Lipinski definition) is 2. The van der Waals surface area contributed by atoms with E-state index in [1.807, 2.05) is 6.92 Å². The van der Waals surface area contributed by atoms with Gasteiger partial charge in [0.15, 0.2) is 0 Å². The Hall–Kier alpha value is -1.95. The zero-order valence-corrected chi connectivity index (χ0v) is 8.38. The highest BCUT2D eigenvalue weighted by molar-refractivity contribution is 5.42. The fourth-order valence-corrected chi connectivity index (χ4v) is 1.19. The van der Waals surface area contributed by atoms with E-state index in [0.717, 1.165) is 11.3 Å². The lowest BCUT2D eigenvalue weighted by atomic mass is 10.3. The second-order valence-corrected chi connectivity index (χ2v) is 3.19. The molecule has 6 heteroatoms. The predicted molar refractivity (Wildman–Crippen MR) is 56.2 cm³/mol. The third kappa shape index (κ3) is 1.66. The van der Waals surface area contributed by atoms with Crippen LogP contribution in [0.3, 0.4) is 0 Å². The van der Waals surface area contributed by atoms with Crippen molar-refractivity contribution in [1.82, 2.24) is 19.7 Å². The SMILES string of the molecule is Cc1c(N)cnn1-c1ncc(CN)cn1. The molecule has 0 unspecified atom stereocenters. The van der Waals surface area contributed by atoms with Crippen molar-refractivity contribution in [2.75, 3.05) is 5.73 Å². The summed E-state index contributed by atoms with van der Waals surface area (Å²) in [5, 5.41) is 4.08. The first kappa shape index (κ1) is 9.60. The molecule has 0 bridgehead atoms. The van der Waals surface area contributed by atoms with E-state index in [2.05, 4.69) is 15.1 Å². The molecule has 78 valence electrons. The lowest BCUT2D eigenvalue weighted by Gasteiger charge is -2.02. The molecule has 0 amide bonds. The summed E-state index contributed by atoms with van der Waals surface area (Å²) in [4.78, 5) is 8.30. The van der Waals surface area contributed by atoms with E-state index < -0.39 is 0 Å². The van der Waals surface area contributed by atoms with Gasteiger partial charge in [0.25, 0.3) is 5.95 Å². The van der Waals surface area contributed by atoms with Crippen LogP contribution in [-0.2, 0) is 6.54 Å². The summed E-state index contributed by atoms with van der Waals surface area (Å²) in [7, 11) is 0. The number of rotatable bonds is 2. The Kier molecular flexibility index (Phi) is 2.34. The molecule has 4 N–H and O–H groups in total. The van der Waals surface area contributed by atoms with Crippen LogP contribution >= 0.6 is 0 Å². The van der Waals surface area contributed by atoms with Gasteiger partial charge in [-0.1, -0.05) is 0 Å². The highest BCUT2D eigenvalue weighted by Gasteiger charge is 2.07. The lowest BCUT2D eigenvalue weighted by Crippen LogP contribution is -2.06. The van der Waals surface area contributed by atoms with Crippen molar-refractivity contribution >= 4 is 5.69 Å². The van der Waals surface area contributed by atoms with Gasteiger partial charge in [-0.2, -0.15) is 5.10 Å². The minimum atomic E-state index is 0.431. The highest BCUT2D eigenvalue weighted by Crippen LogP contribution is 2.11. The van der Waals surface area contributed by atoms with E-state index in [9.17, 15) is 0 Å². The van der Waals surface area contributed by atoms with Gasteiger partial charge < -0.3 is 11.5 Å². The fourth-order valence-electron chi connectivity index (χ4n) is 1.19. The minimum absolute atomic E-state index is 0.431. The van der Waals surface area contributed by atoms with Gasteiger partial charge in [0, 0.05) is 24.5 Å². The molecule has 6 nitrogen and oxygen atoms in total. The maximum atomic E-state index is 5.68. The maximum absolute atomic E-state index is 5.68. The van der Waals surface area contributed by atoms with Gasteiger partial charge in [-0.3, -0.25) is 0 Å². The first-order valence-electron chi connectivity index (χ1n) is 4.54. The quantitative estimate of drug-likeness (QED) is 0.718. The molecule has 0 aromatic carbocycles. The summed E-state index contributed by atoms with van der Waals surface area (Å²) in [6.07, 6.45) is 4.94. The molecule has 0 fully saturated rings. The van der Waals surface area contributed by atoms with Crippen LogP contribution in [0.15, 0.2) is 18.6 Å². The minimum Gasteiger partial charge on any atom is -0.396 e. The van der Waals surface area contributed by atoms with Crippen molar-refractivity contribution in [1.29, 1.82) is 0 Å². The molecule has 15 heavy (non-hydrogen) atoms. The number of nitrogens with zero attached hydrogens (tertiary/aromatic N) is 4. The summed E-state index contributed by atoms with van der Waals surface area (Å²) < 4.78 is 1.59. The Labute approximate surface area is 86.9 Å². The van der Waals surface area contributed by atoms with E-state index in [-0.39, 0.29) is 0 Å². The number of aromatic nitrogens is 4. The summed E-state index contributed by atoms with van der Waals surface area (Å²) in [5.41, 5.74) is 13.5. The Balaban J connectivity index is 2.41. The van der Waals surface area contributed by atoms with Crippen LogP contribution in [0.4, 0.5) is 5.69 Å². The van der Waals surface area contributed by atoms with Crippen molar-refractivity contribution < 1.29 is 0 Å². The molecular weight excluding hydrogens is 192 g/mol. The Morgan fingerprint density at radius 1 is 1.27 bits per heavy atom. The molecule has 0 aliphatic rings. The molecule has 2 heterocycles. The number of nitrogens with two attached hydrogens (primary N) is 2.